The Balaban J connectivity index is 1.62. The third kappa shape index (κ3) is 3.01. The molecule has 0 atom stereocenters. The molecular formula is C14H17N5O2S. The first-order chi connectivity index (χ1) is 10.7. The van der Waals surface area contributed by atoms with Crippen LogP contribution in [0.25, 0.3) is 0 Å². The van der Waals surface area contributed by atoms with Crippen LogP contribution in [-0.4, -0.2) is 52.2 Å². The van der Waals surface area contributed by atoms with E-state index in [9.17, 15) is 4.79 Å². The van der Waals surface area contributed by atoms with Gasteiger partial charge in [-0.2, -0.15) is 0 Å². The highest BCUT2D eigenvalue weighted by atomic mass is 32.1. The molecule has 0 radical (unpaired) electrons. The summed E-state index contributed by atoms with van der Waals surface area (Å²) in [5, 5.41) is 9.91. The normalized spacial score (nSPS) is 15.1. The van der Waals surface area contributed by atoms with Gasteiger partial charge in [0.2, 0.25) is 0 Å². The number of aromatic nitrogens is 3. The van der Waals surface area contributed by atoms with Gasteiger partial charge in [0.25, 0.3) is 0 Å². The molecule has 8 heteroatoms. The number of aromatic carboxylic acids is 1. The van der Waals surface area contributed by atoms with Crippen LogP contribution in [0.15, 0.2) is 18.6 Å². The van der Waals surface area contributed by atoms with Gasteiger partial charge in [0.1, 0.15) is 5.82 Å². The smallest absolute Gasteiger partial charge is 0.356 e. The number of piperazine rings is 1. The first kappa shape index (κ1) is 14.7. The molecule has 0 spiro atoms. The Bertz CT molecular complexity index is 650. The first-order valence-corrected chi connectivity index (χ1v) is 7.99. The second-order valence-electron chi connectivity index (χ2n) is 5.00. The van der Waals surface area contributed by atoms with E-state index >= 15 is 0 Å². The zero-order valence-corrected chi connectivity index (χ0v) is 13.1. The summed E-state index contributed by atoms with van der Waals surface area (Å²) in [6, 6.07) is 0. The molecule has 0 amide bonds. The van der Waals surface area contributed by atoms with E-state index < -0.39 is 5.97 Å². The number of anilines is 2. The third-order valence-electron chi connectivity index (χ3n) is 3.62. The van der Waals surface area contributed by atoms with E-state index in [0.29, 0.717) is 0 Å². The van der Waals surface area contributed by atoms with Crippen LogP contribution < -0.4 is 9.80 Å². The van der Waals surface area contributed by atoms with E-state index in [2.05, 4.69) is 31.7 Å². The number of hydrogen-bond acceptors (Lipinski definition) is 7. The lowest BCUT2D eigenvalue weighted by Crippen LogP contribution is -2.46. The SMILES string of the molecule is CCc1cnc(N2CCN(c3cnc(C(=O)O)cn3)CC2)s1. The van der Waals surface area contributed by atoms with Crippen LogP contribution in [0.1, 0.15) is 22.3 Å². The molecule has 3 heterocycles. The maximum Gasteiger partial charge on any atom is 0.356 e. The molecule has 1 N–H and O–H groups in total. The van der Waals surface area contributed by atoms with Crippen LogP contribution in [0.2, 0.25) is 0 Å². The van der Waals surface area contributed by atoms with Crippen molar-refractivity contribution in [1.82, 2.24) is 15.0 Å². The van der Waals surface area contributed by atoms with Gasteiger partial charge in [-0.3, -0.25) is 0 Å². The van der Waals surface area contributed by atoms with E-state index in [4.69, 9.17) is 5.11 Å². The summed E-state index contributed by atoms with van der Waals surface area (Å²) in [4.78, 5) is 29.1. The van der Waals surface area contributed by atoms with Gasteiger partial charge in [0, 0.05) is 37.3 Å². The van der Waals surface area contributed by atoms with Gasteiger partial charge in [0.15, 0.2) is 10.8 Å². The van der Waals surface area contributed by atoms with E-state index in [1.807, 2.05) is 6.20 Å². The molecule has 1 aliphatic rings. The Morgan fingerprint density at radius 2 is 1.86 bits per heavy atom. The zero-order chi connectivity index (χ0) is 15.5. The highest BCUT2D eigenvalue weighted by Crippen LogP contribution is 2.24. The molecule has 0 bridgehead atoms. The lowest BCUT2D eigenvalue weighted by Gasteiger charge is -2.35. The van der Waals surface area contributed by atoms with Crippen LogP contribution >= 0.6 is 11.3 Å². The Morgan fingerprint density at radius 3 is 2.41 bits per heavy atom. The van der Waals surface area contributed by atoms with Crippen LogP contribution in [0.3, 0.4) is 0 Å². The minimum Gasteiger partial charge on any atom is -0.476 e. The summed E-state index contributed by atoms with van der Waals surface area (Å²) < 4.78 is 0. The van der Waals surface area contributed by atoms with Crippen molar-refractivity contribution in [2.75, 3.05) is 36.0 Å². The van der Waals surface area contributed by atoms with Gasteiger partial charge < -0.3 is 14.9 Å². The highest BCUT2D eigenvalue weighted by molar-refractivity contribution is 7.15. The van der Waals surface area contributed by atoms with Gasteiger partial charge in [-0.1, -0.05) is 6.92 Å². The van der Waals surface area contributed by atoms with E-state index in [1.165, 1.54) is 17.3 Å². The van der Waals surface area contributed by atoms with Crippen molar-refractivity contribution < 1.29 is 9.90 Å². The van der Waals surface area contributed by atoms with Crippen molar-refractivity contribution in [2.45, 2.75) is 13.3 Å². The van der Waals surface area contributed by atoms with Gasteiger partial charge in [-0.15, -0.1) is 11.3 Å². The van der Waals surface area contributed by atoms with E-state index in [1.54, 1.807) is 11.3 Å². The van der Waals surface area contributed by atoms with Crippen LogP contribution in [0.4, 0.5) is 10.9 Å². The molecular weight excluding hydrogens is 302 g/mol. The van der Waals surface area contributed by atoms with Crippen LogP contribution in [-0.2, 0) is 6.42 Å². The molecule has 116 valence electrons. The maximum atomic E-state index is 10.8. The van der Waals surface area contributed by atoms with Gasteiger partial charge in [-0.25, -0.2) is 19.7 Å². The fraction of sp³-hybridized carbons (Fsp3) is 0.429. The lowest BCUT2D eigenvalue weighted by atomic mass is 10.3. The van der Waals surface area contributed by atoms with Gasteiger partial charge in [0.05, 0.1) is 12.4 Å². The first-order valence-electron chi connectivity index (χ1n) is 7.17. The Kier molecular flexibility index (Phi) is 4.19. The van der Waals surface area contributed by atoms with Crippen LogP contribution in [0, 0.1) is 0 Å². The number of hydrogen-bond donors (Lipinski definition) is 1. The third-order valence-corrected chi connectivity index (χ3v) is 4.82. The average Bonchev–Trinajstić information content (AvgIpc) is 3.04. The Labute approximate surface area is 132 Å². The second kappa shape index (κ2) is 6.27. The fourth-order valence-electron chi connectivity index (χ4n) is 2.33. The molecule has 0 unspecified atom stereocenters. The molecule has 0 aromatic carbocycles. The van der Waals surface area contributed by atoms with Gasteiger partial charge >= 0.3 is 5.97 Å². The molecule has 22 heavy (non-hydrogen) atoms. The zero-order valence-electron chi connectivity index (χ0n) is 12.3. The van der Waals surface area contributed by atoms with E-state index in [-0.39, 0.29) is 5.69 Å². The quantitative estimate of drug-likeness (QED) is 0.915. The molecule has 2 aromatic heterocycles. The summed E-state index contributed by atoms with van der Waals surface area (Å²) in [6.07, 6.45) is 5.79. The number of thiazole rings is 1. The number of carbonyl (C=O) groups is 1. The standard InChI is InChI=1S/C14H17N5O2S/c1-2-10-7-17-14(22-10)19-5-3-18(4-6-19)12-9-15-11(8-16-12)13(20)21/h7-9H,2-6H2,1H3,(H,20,21). The van der Waals surface area contributed by atoms with Crippen molar-refractivity contribution >= 4 is 28.3 Å². The molecule has 0 saturated carbocycles. The topological polar surface area (TPSA) is 82.5 Å². The molecule has 3 rings (SSSR count). The summed E-state index contributed by atoms with van der Waals surface area (Å²) >= 11 is 1.74. The van der Waals surface area contributed by atoms with Crippen molar-refractivity contribution in [3.05, 3.63) is 29.2 Å². The molecule has 7 nitrogen and oxygen atoms in total. The maximum absolute atomic E-state index is 10.8. The average molecular weight is 319 g/mol. The number of carboxylic acid groups (broad SMARTS) is 1. The fourth-order valence-corrected chi connectivity index (χ4v) is 3.23. The molecule has 2 aromatic rings. The van der Waals surface area contributed by atoms with E-state index in [0.717, 1.165) is 43.5 Å². The second-order valence-corrected chi connectivity index (χ2v) is 6.10. The van der Waals surface area contributed by atoms with Crippen molar-refractivity contribution in [2.24, 2.45) is 0 Å². The number of rotatable bonds is 4. The lowest BCUT2D eigenvalue weighted by molar-refractivity contribution is 0.0690. The van der Waals surface area contributed by atoms with Crippen molar-refractivity contribution in [3.8, 4) is 0 Å². The van der Waals surface area contributed by atoms with Crippen molar-refractivity contribution in [1.29, 1.82) is 0 Å². The van der Waals surface area contributed by atoms with Gasteiger partial charge in [-0.05, 0) is 6.42 Å². The highest BCUT2D eigenvalue weighted by Gasteiger charge is 2.20. The minimum absolute atomic E-state index is 0.0303. The predicted molar refractivity (Wildman–Crippen MR) is 84.9 cm³/mol. The molecule has 1 saturated heterocycles. The Hall–Kier alpha value is -2.22. The molecule has 0 aliphatic carbocycles. The van der Waals surface area contributed by atoms with Crippen molar-refractivity contribution in [3.63, 3.8) is 0 Å². The minimum atomic E-state index is -1.06. The predicted octanol–water partition coefficient (Wildman–Crippen LogP) is 1.52. The largest absolute Gasteiger partial charge is 0.476 e. The summed E-state index contributed by atoms with van der Waals surface area (Å²) in [7, 11) is 0. The number of nitrogens with zero attached hydrogens (tertiary/aromatic N) is 5. The Morgan fingerprint density at radius 1 is 1.14 bits per heavy atom. The molecule has 1 fully saturated rings. The molecule has 1 aliphatic heterocycles. The summed E-state index contributed by atoms with van der Waals surface area (Å²) in [5.74, 6) is -0.336. The van der Waals surface area contributed by atoms with Crippen LogP contribution in [0.5, 0.6) is 0 Å². The summed E-state index contributed by atoms with van der Waals surface area (Å²) in [5.41, 5.74) is -0.0303. The number of aryl methyl sites for hydroxylation is 1. The summed E-state index contributed by atoms with van der Waals surface area (Å²) in [6.45, 7) is 5.52. The monoisotopic (exact) mass is 319 g/mol. The number of carboxylic acids is 1.